The molecule has 1 aliphatic rings. The topological polar surface area (TPSA) is 24.4 Å². The largest absolute Gasteiger partial charge is 0.369 e. The van der Waals surface area contributed by atoms with E-state index < -0.39 is 0 Å². The molecule has 2 atom stereocenters. The van der Waals surface area contributed by atoms with Crippen LogP contribution in [0, 0.1) is 0 Å². The Balaban J connectivity index is 2.38. The van der Waals surface area contributed by atoms with Gasteiger partial charge in [-0.05, 0) is 19.8 Å². The molecular weight excluding hydrogens is 148 g/mol. The molecule has 2 nitrogen and oxygen atoms in total. The number of hydrogen-bond acceptors (Lipinski definition) is 2. The molecular formula is C10H20N2. The van der Waals surface area contributed by atoms with Crippen LogP contribution >= 0.6 is 0 Å². The Kier molecular flexibility index (Phi) is 3.57. The van der Waals surface area contributed by atoms with Crippen molar-refractivity contribution in [1.82, 2.24) is 5.32 Å². The summed E-state index contributed by atoms with van der Waals surface area (Å²) < 4.78 is 0. The summed E-state index contributed by atoms with van der Waals surface area (Å²) in [6, 6.07) is 1.16. The summed E-state index contributed by atoms with van der Waals surface area (Å²) in [6.07, 6.45) is 5.02. The van der Waals surface area contributed by atoms with E-state index in [4.69, 9.17) is 0 Å². The normalized spacial score (nSPS) is 28.4. The van der Waals surface area contributed by atoms with Gasteiger partial charge in [0, 0.05) is 6.04 Å². The van der Waals surface area contributed by atoms with Crippen LogP contribution in [0.4, 0.5) is 0 Å². The summed E-state index contributed by atoms with van der Waals surface area (Å²) in [6.45, 7) is 6.53. The quantitative estimate of drug-likeness (QED) is 0.684. The summed E-state index contributed by atoms with van der Waals surface area (Å²) in [5.41, 5.74) is 0. The molecule has 0 fully saturated rings. The van der Waals surface area contributed by atoms with Gasteiger partial charge in [-0.25, -0.2) is 0 Å². The van der Waals surface area contributed by atoms with Crippen molar-refractivity contribution in [3.8, 4) is 0 Å². The van der Waals surface area contributed by atoms with Crippen LogP contribution < -0.4 is 5.32 Å². The Morgan fingerprint density at radius 1 is 1.42 bits per heavy atom. The molecule has 0 amide bonds. The molecule has 0 aromatic heterocycles. The third-order valence-electron chi connectivity index (χ3n) is 2.51. The minimum Gasteiger partial charge on any atom is -0.369 e. The van der Waals surface area contributed by atoms with Gasteiger partial charge in [0.25, 0.3) is 0 Å². The first-order valence-electron chi connectivity index (χ1n) is 5.08. The first-order chi connectivity index (χ1) is 5.77. The lowest BCUT2D eigenvalue weighted by atomic mass is 10.0. The first kappa shape index (κ1) is 9.56. The van der Waals surface area contributed by atoms with E-state index in [0.717, 1.165) is 5.84 Å². The van der Waals surface area contributed by atoms with Gasteiger partial charge in [0.2, 0.25) is 0 Å². The predicted octanol–water partition coefficient (Wildman–Crippen LogP) is 2.35. The van der Waals surface area contributed by atoms with Crippen LogP contribution in [0.5, 0.6) is 0 Å². The minimum absolute atomic E-state index is 0.551. The van der Waals surface area contributed by atoms with E-state index in [-0.39, 0.29) is 0 Å². The highest BCUT2D eigenvalue weighted by Crippen LogP contribution is 2.16. The van der Waals surface area contributed by atoms with E-state index in [1.54, 1.807) is 0 Å². The van der Waals surface area contributed by atoms with E-state index in [2.05, 4.69) is 31.1 Å². The van der Waals surface area contributed by atoms with Gasteiger partial charge in [-0.3, -0.25) is 4.99 Å². The molecule has 1 aliphatic heterocycles. The van der Waals surface area contributed by atoms with Gasteiger partial charge in [0.1, 0.15) is 0 Å². The highest BCUT2D eigenvalue weighted by Gasteiger charge is 2.23. The second kappa shape index (κ2) is 4.48. The van der Waals surface area contributed by atoms with E-state index in [9.17, 15) is 0 Å². The molecule has 1 rings (SSSR count). The number of nitrogens with zero attached hydrogens (tertiary/aromatic N) is 1. The third kappa shape index (κ3) is 2.23. The third-order valence-corrected chi connectivity index (χ3v) is 2.51. The van der Waals surface area contributed by atoms with Crippen LogP contribution in [0.25, 0.3) is 0 Å². The molecule has 2 unspecified atom stereocenters. The van der Waals surface area contributed by atoms with Crippen molar-refractivity contribution in [2.45, 2.75) is 58.5 Å². The second-order valence-corrected chi connectivity index (χ2v) is 3.58. The number of nitrogens with one attached hydrogen (secondary N) is 1. The summed E-state index contributed by atoms with van der Waals surface area (Å²) in [5, 5.41) is 3.41. The SMILES string of the molecule is CCCCC1N=C(C)NC1CC. The van der Waals surface area contributed by atoms with E-state index in [1.807, 2.05) is 0 Å². The molecule has 1 N–H and O–H groups in total. The van der Waals surface area contributed by atoms with Crippen LogP contribution in [-0.4, -0.2) is 17.9 Å². The zero-order valence-corrected chi connectivity index (χ0v) is 8.43. The number of amidine groups is 1. The maximum atomic E-state index is 4.58. The van der Waals surface area contributed by atoms with Crippen molar-refractivity contribution in [1.29, 1.82) is 0 Å². The lowest BCUT2D eigenvalue weighted by Gasteiger charge is -2.15. The Bertz CT molecular complexity index is 163. The van der Waals surface area contributed by atoms with Crippen molar-refractivity contribution in [2.75, 3.05) is 0 Å². The zero-order valence-electron chi connectivity index (χ0n) is 8.43. The molecule has 0 aliphatic carbocycles. The van der Waals surface area contributed by atoms with Crippen LogP contribution in [0.1, 0.15) is 46.5 Å². The monoisotopic (exact) mass is 168 g/mol. The number of hydrogen-bond donors (Lipinski definition) is 1. The van der Waals surface area contributed by atoms with Gasteiger partial charge >= 0.3 is 0 Å². The second-order valence-electron chi connectivity index (χ2n) is 3.58. The standard InChI is InChI=1S/C10H20N2/c1-4-6-7-10-9(5-2)11-8(3)12-10/h9-10H,4-7H2,1-3H3,(H,11,12). The van der Waals surface area contributed by atoms with Crippen LogP contribution in [-0.2, 0) is 0 Å². The van der Waals surface area contributed by atoms with Crippen LogP contribution in [0.3, 0.4) is 0 Å². The van der Waals surface area contributed by atoms with E-state index in [1.165, 1.54) is 25.7 Å². The number of unbranched alkanes of at least 4 members (excludes halogenated alkanes) is 1. The molecule has 0 radical (unpaired) electrons. The maximum Gasteiger partial charge on any atom is 0.0938 e. The van der Waals surface area contributed by atoms with Gasteiger partial charge in [-0.15, -0.1) is 0 Å². The average Bonchev–Trinajstić information content (AvgIpc) is 2.42. The molecule has 2 heteroatoms. The Morgan fingerprint density at radius 3 is 2.75 bits per heavy atom. The van der Waals surface area contributed by atoms with Gasteiger partial charge in [-0.1, -0.05) is 26.7 Å². The van der Waals surface area contributed by atoms with Gasteiger partial charge in [-0.2, -0.15) is 0 Å². The molecule has 0 saturated carbocycles. The average molecular weight is 168 g/mol. The van der Waals surface area contributed by atoms with E-state index in [0.29, 0.717) is 12.1 Å². The van der Waals surface area contributed by atoms with Crippen LogP contribution in [0.2, 0.25) is 0 Å². The number of rotatable bonds is 4. The molecule has 12 heavy (non-hydrogen) atoms. The molecule has 0 bridgehead atoms. The number of aliphatic imine (C=N–C) groups is 1. The Morgan fingerprint density at radius 2 is 2.17 bits per heavy atom. The Labute approximate surface area is 75.5 Å². The lowest BCUT2D eigenvalue weighted by molar-refractivity contribution is 0.470. The first-order valence-corrected chi connectivity index (χ1v) is 5.08. The fourth-order valence-electron chi connectivity index (χ4n) is 1.79. The lowest BCUT2D eigenvalue weighted by Crippen LogP contribution is -2.33. The van der Waals surface area contributed by atoms with Gasteiger partial charge in [0.05, 0.1) is 11.9 Å². The van der Waals surface area contributed by atoms with Crippen molar-refractivity contribution < 1.29 is 0 Å². The fraction of sp³-hybridized carbons (Fsp3) is 0.900. The van der Waals surface area contributed by atoms with Crippen molar-refractivity contribution >= 4 is 5.84 Å². The summed E-state index contributed by atoms with van der Waals surface area (Å²) in [5.74, 6) is 1.13. The summed E-state index contributed by atoms with van der Waals surface area (Å²) in [7, 11) is 0. The van der Waals surface area contributed by atoms with Crippen molar-refractivity contribution in [3.05, 3.63) is 0 Å². The molecule has 1 heterocycles. The highest BCUT2D eigenvalue weighted by atomic mass is 15.1. The van der Waals surface area contributed by atoms with Crippen molar-refractivity contribution in [3.63, 3.8) is 0 Å². The summed E-state index contributed by atoms with van der Waals surface area (Å²) >= 11 is 0. The van der Waals surface area contributed by atoms with Crippen LogP contribution in [0.15, 0.2) is 4.99 Å². The molecule has 0 aromatic carbocycles. The minimum atomic E-state index is 0.551. The molecule has 0 saturated heterocycles. The Hall–Kier alpha value is -0.530. The van der Waals surface area contributed by atoms with Gasteiger partial charge < -0.3 is 5.32 Å². The smallest absolute Gasteiger partial charge is 0.0938 e. The fourth-order valence-corrected chi connectivity index (χ4v) is 1.79. The predicted molar refractivity (Wildman–Crippen MR) is 53.6 cm³/mol. The van der Waals surface area contributed by atoms with Crippen molar-refractivity contribution in [2.24, 2.45) is 4.99 Å². The molecule has 0 aromatic rings. The highest BCUT2D eigenvalue weighted by molar-refractivity contribution is 5.81. The zero-order chi connectivity index (χ0) is 8.97. The van der Waals surface area contributed by atoms with E-state index >= 15 is 0 Å². The molecule has 70 valence electrons. The molecule has 0 spiro atoms. The maximum absolute atomic E-state index is 4.58. The summed E-state index contributed by atoms with van der Waals surface area (Å²) in [4.78, 5) is 4.58. The van der Waals surface area contributed by atoms with Gasteiger partial charge in [0.15, 0.2) is 0 Å².